The number of pyridine rings is 1. The number of nitrogens with zero attached hydrogens (tertiary/aromatic N) is 4. The van der Waals surface area contributed by atoms with Crippen molar-refractivity contribution in [1.82, 2.24) is 19.9 Å². The average molecular weight is 523 g/mol. The van der Waals surface area contributed by atoms with Crippen LogP contribution in [0.5, 0.6) is 0 Å². The lowest BCUT2D eigenvalue weighted by molar-refractivity contribution is 0.00446. The van der Waals surface area contributed by atoms with Gasteiger partial charge in [0.05, 0.1) is 33.8 Å². The van der Waals surface area contributed by atoms with Crippen molar-refractivity contribution in [2.45, 2.75) is 76.0 Å². The molecule has 4 aliphatic rings. The molecule has 3 heterocycles. The lowest BCUT2D eigenvalue weighted by Crippen LogP contribution is -2.36. The summed E-state index contributed by atoms with van der Waals surface area (Å²) in [5, 5.41) is 38.4. The second-order valence-electron chi connectivity index (χ2n) is 11.8. The van der Waals surface area contributed by atoms with Crippen LogP contribution in [0.25, 0.3) is 20.8 Å². The van der Waals surface area contributed by atoms with Crippen molar-refractivity contribution >= 4 is 33.3 Å². The second-order valence-corrected chi connectivity index (χ2v) is 12.8. The number of aliphatic hydroxyl groups is 3. The molecule has 0 aliphatic heterocycles. The molecule has 5 N–H and O–H groups in total. The first kappa shape index (κ1) is 23.7. The van der Waals surface area contributed by atoms with Gasteiger partial charge in [0, 0.05) is 31.2 Å². The van der Waals surface area contributed by atoms with E-state index in [0.717, 1.165) is 51.6 Å². The van der Waals surface area contributed by atoms with Gasteiger partial charge in [-0.15, -0.1) is 11.3 Å². The standard InChI is InChI=1S/C27H34N6O3S/c1-13-19(25-32-21-18(37-25)4-7-28-20(21)15-2-3-15)24(31-17-8-16(12-34)22(35)23(17)36)33-26(30-13)29-11-14-9-27(10-14)5-6-27/h4,7,14-17,22-23,34-36H,2-3,5-6,8-12H2,1H3,(H2,29,30,31,33)/t16-,17-,22-,23+/m1/s1. The number of nitrogens with one attached hydrogen (secondary N) is 2. The summed E-state index contributed by atoms with van der Waals surface area (Å²) in [5.41, 5.74) is 4.29. The quantitative estimate of drug-likeness (QED) is 0.301. The molecule has 7 rings (SSSR count). The van der Waals surface area contributed by atoms with Crippen LogP contribution >= 0.6 is 11.3 Å². The summed E-state index contributed by atoms with van der Waals surface area (Å²) in [6, 6.07) is 1.57. The van der Waals surface area contributed by atoms with E-state index in [0.29, 0.717) is 35.4 Å². The minimum atomic E-state index is -0.998. The van der Waals surface area contributed by atoms with E-state index in [9.17, 15) is 15.3 Å². The monoisotopic (exact) mass is 522 g/mol. The molecule has 4 aliphatic carbocycles. The van der Waals surface area contributed by atoms with Crippen molar-refractivity contribution in [3.05, 3.63) is 23.7 Å². The molecule has 4 saturated carbocycles. The Kier molecular flexibility index (Phi) is 5.65. The van der Waals surface area contributed by atoms with E-state index in [4.69, 9.17) is 15.0 Å². The first-order chi connectivity index (χ1) is 17.9. The zero-order valence-corrected chi connectivity index (χ0v) is 21.8. The molecule has 3 aromatic rings. The molecule has 1 spiro atoms. The minimum Gasteiger partial charge on any atom is -0.396 e. The highest BCUT2D eigenvalue weighted by Gasteiger charge is 2.52. The van der Waals surface area contributed by atoms with Gasteiger partial charge in [-0.25, -0.2) is 9.97 Å². The van der Waals surface area contributed by atoms with Gasteiger partial charge in [-0.3, -0.25) is 4.98 Å². The second kappa shape index (κ2) is 8.83. The number of hydrogen-bond acceptors (Lipinski definition) is 10. The summed E-state index contributed by atoms with van der Waals surface area (Å²) >= 11 is 1.60. The molecule has 3 aromatic heterocycles. The Labute approximate surface area is 219 Å². The number of aliphatic hydroxyl groups excluding tert-OH is 3. The molecular weight excluding hydrogens is 488 g/mol. The molecule has 0 unspecified atom stereocenters. The van der Waals surface area contributed by atoms with Gasteiger partial charge in [0.1, 0.15) is 22.4 Å². The molecule has 0 aromatic carbocycles. The number of anilines is 2. The van der Waals surface area contributed by atoms with Crippen molar-refractivity contribution in [1.29, 1.82) is 0 Å². The maximum Gasteiger partial charge on any atom is 0.224 e. The van der Waals surface area contributed by atoms with E-state index < -0.39 is 18.2 Å². The lowest BCUT2D eigenvalue weighted by atomic mass is 9.72. The summed E-state index contributed by atoms with van der Waals surface area (Å²) in [4.78, 5) is 19.3. The van der Waals surface area contributed by atoms with Gasteiger partial charge in [0.15, 0.2) is 0 Å². The topological polar surface area (TPSA) is 136 Å². The van der Waals surface area contributed by atoms with E-state index in [1.54, 1.807) is 11.3 Å². The Morgan fingerprint density at radius 2 is 1.92 bits per heavy atom. The van der Waals surface area contributed by atoms with Crippen LogP contribution in [-0.4, -0.2) is 66.7 Å². The number of fused-ring (bicyclic) bond motifs is 1. The Morgan fingerprint density at radius 1 is 1.11 bits per heavy atom. The molecule has 0 amide bonds. The molecule has 9 nitrogen and oxygen atoms in total. The number of rotatable bonds is 8. The maximum atomic E-state index is 10.7. The molecular formula is C27H34N6O3S. The number of hydrogen-bond donors (Lipinski definition) is 5. The molecule has 0 bridgehead atoms. The maximum absolute atomic E-state index is 10.7. The van der Waals surface area contributed by atoms with Crippen molar-refractivity contribution in [3.8, 4) is 10.6 Å². The van der Waals surface area contributed by atoms with Gasteiger partial charge in [-0.2, -0.15) is 4.98 Å². The molecule has 196 valence electrons. The normalized spacial score (nSPS) is 28.5. The van der Waals surface area contributed by atoms with Crippen LogP contribution in [0.1, 0.15) is 62.3 Å². The van der Waals surface area contributed by atoms with Crippen LogP contribution in [0, 0.1) is 24.2 Å². The third-order valence-electron chi connectivity index (χ3n) is 8.91. The van der Waals surface area contributed by atoms with E-state index >= 15 is 0 Å². The highest BCUT2D eigenvalue weighted by molar-refractivity contribution is 7.21. The van der Waals surface area contributed by atoms with Crippen LogP contribution < -0.4 is 10.6 Å². The first-order valence-electron chi connectivity index (χ1n) is 13.5. The molecule has 4 atom stereocenters. The van der Waals surface area contributed by atoms with Crippen molar-refractivity contribution in [2.24, 2.45) is 17.3 Å². The fraction of sp³-hybridized carbons (Fsp3) is 0.630. The largest absolute Gasteiger partial charge is 0.396 e. The number of aryl methyl sites for hydroxylation is 1. The van der Waals surface area contributed by atoms with Gasteiger partial charge < -0.3 is 26.0 Å². The van der Waals surface area contributed by atoms with Gasteiger partial charge in [-0.05, 0) is 69.3 Å². The fourth-order valence-corrected chi connectivity index (χ4v) is 7.47. The van der Waals surface area contributed by atoms with Gasteiger partial charge in [0.2, 0.25) is 5.95 Å². The first-order valence-corrected chi connectivity index (χ1v) is 14.4. The van der Waals surface area contributed by atoms with Gasteiger partial charge >= 0.3 is 0 Å². The molecule has 10 heteroatoms. The zero-order valence-electron chi connectivity index (χ0n) is 21.0. The Bertz CT molecular complexity index is 1330. The third-order valence-corrected chi connectivity index (χ3v) is 9.95. The van der Waals surface area contributed by atoms with E-state index in [-0.39, 0.29) is 12.5 Å². The van der Waals surface area contributed by atoms with Crippen molar-refractivity contribution in [3.63, 3.8) is 0 Å². The minimum absolute atomic E-state index is 0.170. The SMILES string of the molecule is Cc1nc(NCC2CC3(CC3)C2)nc(N[C@@H]2C[C@H](CO)[C@@H](O)[C@H]2O)c1-c1nc2c(C3CC3)nccc2s1. The van der Waals surface area contributed by atoms with Gasteiger partial charge in [0.25, 0.3) is 0 Å². The zero-order chi connectivity index (χ0) is 25.3. The Morgan fingerprint density at radius 3 is 2.62 bits per heavy atom. The Balaban J connectivity index is 1.22. The third kappa shape index (κ3) is 4.27. The van der Waals surface area contributed by atoms with Crippen LogP contribution in [0.15, 0.2) is 12.3 Å². The molecule has 0 saturated heterocycles. The lowest BCUT2D eigenvalue weighted by Gasteiger charge is -2.35. The summed E-state index contributed by atoms with van der Waals surface area (Å²) in [5.74, 6) is 1.94. The van der Waals surface area contributed by atoms with E-state index in [1.807, 2.05) is 19.2 Å². The molecule has 37 heavy (non-hydrogen) atoms. The van der Waals surface area contributed by atoms with E-state index in [1.165, 1.54) is 25.7 Å². The summed E-state index contributed by atoms with van der Waals surface area (Å²) in [6.45, 7) is 2.66. The average Bonchev–Trinajstić information content (AvgIpc) is 3.79. The number of aromatic nitrogens is 4. The van der Waals surface area contributed by atoms with Crippen molar-refractivity contribution in [2.75, 3.05) is 23.8 Å². The van der Waals surface area contributed by atoms with E-state index in [2.05, 4.69) is 15.6 Å². The molecule has 0 radical (unpaired) electrons. The summed E-state index contributed by atoms with van der Waals surface area (Å²) < 4.78 is 1.09. The van der Waals surface area contributed by atoms with Crippen LogP contribution in [0.4, 0.5) is 11.8 Å². The predicted molar refractivity (Wildman–Crippen MR) is 143 cm³/mol. The molecule has 4 fully saturated rings. The highest BCUT2D eigenvalue weighted by atomic mass is 32.1. The van der Waals surface area contributed by atoms with Crippen LogP contribution in [0.3, 0.4) is 0 Å². The fourth-order valence-electron chi connectivity index (χ4n) is 6.40. The van der Waals surface area contributed by atoms with Crippen LogP contribution in [0.2, 0.25) is 0 Å². The smallest absolute Gasteiger partial charge is 0.224 e. The Hall–Kier alpha value is -2.40. The van der Waals surface area contributed by atoms with Crippen molar-refractivity contribution < 1.29 is 15.3 Å². The predicted octanol–water partition coefficient (Wildman–Crippen LogP) is 3.45. The number of thiazole rings is 1. The van der Waals surface area contributed by atoms with Gasteiger partial charge in [-0.1, -0.05) is 0 Å². The summed E-state index contributed by atoms with van der Waals surface area (Å²) in [6.07, 6.45) is 8.00. The highest BCUT2D eigenvalue weighted by Crippen LogP contribution is 2.63. The summed E-state index contributed by atoms with van der Waals surface area (Å²) in [7, 11) is 0. The van der Waals surface area contributed by atoms with Crippen LogP contribution in [-0.2, 0) is 0 Å².